The Kier molecular flexibility index (Phi) is 4.25. The smallest absolute Gasteiger partial charge is 0.254 e. The van der Waals surface area contributed by atoms with E-state index in [-0.39, 0.29) is 11.6 Å². The number of carbonyl (C=O) groups is 1. The Morgan fingerprint density at radius 1 is 1.33 bits per heavy atom. The zero-order valence-corrected chi connectivity index (χ0v) is 15.0. The van der Waals surface area contributed by atoms with E-state index in [1.807, 2.05) is 13.8 Å². The van der Waals surface area contributed by atoms with E-state index >= 15 is 0 Å². The highest BCUT2D eigenvalue weighted by Gasteiger charge is 2.35. The predicted octanol–water partition coefficient (Wildman–Crippen LogP) is 4.20. The van der Waals surface area contributed by atoms with E-state index in [4.69, 9.17) is 10.5 Å². The van der Waals surface area contributed by atoms with E-state index in [1.165, 1.54) is 12.1 Å². The fourth-order valence-corrected chi connectivity index (χ4v) is 3.24. The molecular formula is C18H18BrFN2O2. The van der Waals surface area contributed by atoms with Crippen LogP contribution < -0.4 is 15.8 Å². The predicted molar refractivity (Wildman–Crippen MR) is 94.5 cm³/mol. The van der Waals surface area contributed by atoms with Gasteiger partial charge in [-0.2, -0.15) is 0 Å². The molecule has 3 N–H and O–H groups in total. The quantitative estimate of drug-likeness (QED) is 0.752. The number of carbonyl (C=O) groups excluding carboxylic acids is 1. The van der Waals surface area contributed by atoms with E-state index < -0.39 is 17.3 Å². The second kappa shape index (κ2) is 6.09. The number of hydrogen-bond acceptors (Lipinski definition) is 3. The van der Waals surface area contributed by atoms with Gasteiger partial charge >= 0.3 is 0 Å². The van der Waals surface area contributed by atoms with Crippen molar-refractivity contribution >= 4 is 27.5 Å². The van der Waals surface area contributed by atoms with Crippen LogP contribution in [-0.4, -0.2) is 11.5 Å². The molecule has 0 spiro atoms. The van der Waals surface area contributed by atoms with E-state index in [1.54, 1.807) is 24.3 Å². The molecule has 0 bridgehead atoms. The lowest BCUT2D eigenvalue weighted by Gasteiger charge is -2.38. The summed E-state index contributed by atoms with van der Waals surface area (Å²) in [6.07, 6.45) is 0.563. The van der Waals surface area contributed by atoms with Gasteiger partial charge in [0, 0.05) is 22.1 Å². The summed E-state index contributed by atoms with van der Waals surface area (Å²) in [5.41, 5.74) is 6.82. The minimum atomic E-state index is -0.569. The maximum Gasteiger partial charge on any atom is 0.254 e. The molecule has 2 aromatic rings. The van der Waals surface area contributed by atoms with Gasteiger partial charge < -0.3 is 15.8 Å². The normalized spacial score (nSPS) is 18.4. The van der Waals surface area contributed by atoms with Gasteiger partial charge in [0.1, 0.15) is 17.2 Å². The van der Waals surface area contributed by atoms with Crippen molar-refractivity contribution in [2.45, 2.75) is 31.9 Å². The minimum Gasteiger partial charge on any atom is -0.487 e. The van der Waals surface area contributed by atoms with Crippen LogP contribution in [0.25, 0.3) is 0 Å². The number of amides is 1. The molecule has 1 atom stereocenters. The summed E-state index contributed by atoms with van der Waals surface area (Å²) in [5, 5.41) is 2.90. The van der Waals surface area contributed by atoms with Crippen molar-refractivity contribution in [1.82, 2.24) is 5.32 Å². The number of halogens is 2. The highest BCUT2D eigenvalue weighted by molar-refractivity contribution is 9.10. The molecule has 1 heterocycles. The van der Waals surface area contributed by atoms with Crippen molar-refractivity contribution in [3.8, 4) is 5.75 Å². The Hall–Kier alpha value is -2.08. The Bertz CT molecular complexity index is 808. The van der Waals surface area contributed by atoms with Crippen molar-refractivity contribution in [1.29, 1.82) is 0 Å². The molecule has 1 aliphatic rings. The summed E-state index contributed by atoms with van der Waals surface area (Å²) in [5.74, 6) is -0.348. The average Bonchev–Trinajstić information content (AvgIpc) is 2.47. The maximum absolute atomic E-state index is 14.0. The summed E-state index contributed by atoms with van der Waals surface area (Å²) in [6, 6.07) is 9.40. The van der Waals surface area contributed by atoms with Crippen LogP contribution in [0.5, 0.6) is 5.75 Å². The fourth-order valence-electron chi connectivity index (χ4n) is 2.91. The van der Waals surface area contributed by atoms with Crippen LogP contribution in [0.1, 0.15) is 42.2 Å². The fraction of sp³-hybridized carbons (Fsp3) is 0.278. The van der Waals surface area contributed by atoms with Gasteiger partial charge in [-0.3, -0.25) is 4.79 Å². The van der Waals surface area contributed by atoms with E-state index in [0.29, 0.717) is 22.3 Å². The van der Waals surface area contributed by atoms with Gasteiger partial charge in [-0.15, -0.1) is 0 Å². The lowest BCUT2D eigenvalue weighted by molar-refractivity contribution is 0.0619. The number of rotatable bonds is 2. The zero-order valence-electron chi connectivity index (χ0n) is 13.4. The van der Waals surface area contributed by atoms with E-state index in [0.717, 1.165) is 5.56 Å². The summed E-state index contributed by atoms with van der Waals surface area (Å²) in [4.78, 5) is 12.5. The molecule has 0 aliphatic carbocycles. The molecule has 0 radical (unpaired) electrons. The van der Waals surface area contributed by atoms with Crippen LogP contribution in [0, 0.1) is 5.82 Å². The molecule has 0 saturated carbocycles. The van der Waals surface area contributed by atoms with Crippen molar-refractivity contribution in [2.75, 3.05) is 5.73 Å². The monoisotopic (exact) mass is 392 g/mol. The van der Waals surface area contributed by atoms with Crippen molar-refractivity contribution in [3.63, 3.8) is 0 Å². The number of anilines is 1. The Morgan fingerprint density at radius 3 is 2.79 bits per heavy atom. The number of ether oxygens (including phenoxy) is 1. The third-order valence-corrected chi connectivity index (χ3v) is 4.47. The third-order valence-electron chi connectivity index (χ3n) is 3.97. The van der Waals surface area contributed by atoms with Gasteiger partial charge in [0.15, 0.2) is 0 Å². The molecule has 4 nitrogen and oxygen atoms in total. The van der Waals surface area contributed by atoms with Gasteiger partial charge in [-0.25, -0.2) is 4.39 Å². The second-order valence-corrected chi connectivity index (χ2v) is 7.43. The first-order chi connectivity index (χ1) is 11.2. The Morgan fingerprint density at radius 2 is 2.08 bits per heavy atom. The molecule has 6 heteroatoms. The van der Waals surface area contributed by atoms with Gasteiger partial charge in [-0.1, -0.05) is 15.9 Å². The number of hydrogen-bond donors (Lipinski definition) is 2. The van der Waals surface area contributed by atoms with E-state index in [2.05, 4.69) is 21.2 Å². The second-order valence-electron chi connectivity index (χ2n) is 6.51. The van der Waals surface area contributed by atoms with Gasteiger partial charge in [-0.05, 0) is 50.2 Å². The van der Waals surface area contributed by atoms with Crippen LogP contribution in [0.2, 0.25) is 0 Å². The summed E-state index contributed by atoms with van der Waals surface area (Å²) in [7, 11) is 0. The van der Waals surface area contributed by atoms with Crippen molar-refractivity contribution < 1.29 is 13.9 Å². The van der Waals surface area contributed by atoms with Gasteiger partial charge in [0.2, 0.25) is 0 Å². The summed E-state index contributed by atoms with van der Waals surface area (Å²) in [6.45, 7) is 3.90. The van der Waals surface area contributed by atoms with Crippen LogP contribution in [0.4, 0.5) is 10.1 Å². The average molecular weight is 393 g/mol. The minimum absolute atomic E-state index is 0.00736. The zero-order chi connectivity index (χ0) is 17.5. The number of nitrogens with one attached hydrogen (secondary N) is 1. The first-order valence-electron chi connectivity index (χ1n) is 7.59. The standard InChI is InChI=1S/C18H18BrFN2O2/c1-18(2)9-15(13-8-11(21)4-6-16(13)24-18)22-17(23)12-5-3-10(19)7-14(12)20/h3-8,15H,9,21H2,1-2H3,(H,22,23). The van der Waals surface area contributed by atoms with Crippen LogP contribution >= 0.6 is 15.9 Å². The van der Waals surface area contributed by atoms with Crippen molar-refractivity contribution in [3.05, 3.63) is 57.8 Å². The topological polar surface area (TPSA) is 64.4 Å². The third kappa shape index (κ3) is 3.38. The van der Waals surface area contributed by atoms with Crippen LogP contribution in [0.3, 0.4) is 0 Å². The largest absolute Gasteiger partial charge is 0.487 e. The molecule has 2 aromatic carbocycles. The molecule has 3 rings (SSSR count). The first kappa shape index (κ1) is 16.8. The Balaban J connectivity index is 1.91. The van der Waals surface area contributed by atoms with Crippen molar-refractivity contribution in [2.24, 2.45) is 0 Å². The molecule has 0 aromatic heterocycles. The number of fused-ring (bicyclic) bond motifs is 1. The van der Waals surface area contributed by atoms with Gasteiger partial charge in [0.05, 0.1) is 11.6 Å². The maximum atomic E-state index is 14.0. The lowest BCUT2D eigenvalue weighted by Crippen LogP contribution is -2.41. The van der Waals surface area contributed by atoms with Crippen LogP contribution in [0.15, 0.2) is 40.9 Å². The number of nitrogens with two attached hydrogens (primary N) is 1. The number of benzene rings is 2. The lowest BCUT2D eigenvalue weighted by atomic mass is 9.89. The molecule has 1 amide bonds. The highest BCUT2D eigenvalue weighted by atomic mass is 79.9. The molecule has 1 aliphatic heterocycles. The summed E-state index contributed by atoms with van der Waals surface area (Å²) >= 11 is 3.19. The molecule has 24 heavy (non-hydrogen) atoms. The first-order valence-corrected chi connectivity index (χ1v) is 8.39. The molecule has 1 unspecified atom stereocenters. The summed E-state index contributed by atoms with van der Waals surface area (Å²) < 4.78 is 20.6. The highest BCUT2D eigenvalue weighted by Crippen LogP contribution is 2.40. The van der Waals surface area contributed by atoms with Crippen LogP contribution in [-0.2, 0) is 0 Å². The number of nitrogen functional groups attached to an aromatic ring is 1. The SMILES string of the molecule is CC1(C)CC(NC(=O)c2ccc(Br)cc2F)c2cc(N)ccc2O1. The van der Waals surface area contributed by atoms with E-state index in [9.17, 15) is 9.18 Å². The molecule has 0 saturated heterocycles. The Labute approximate surface area is 148 Å². The molecule has 126 valence electrons. The van der Waals surface area contributed by atoms with Gasteiger partial charge in [0.25, 0.3) is 5.91 Å². The molecular weight excluding hydrogens is 375 g/mol. The molecule has 0 fully saturated rings.